The summed E-state index contributed by atoms with van der Waals surface area (Å²) in [5.41, 5.74) is 1.17. The topological polar surface area (TPSA) is 70.6 Å². The Labute approximate surface area is 91.2 Å². The summed E-state index contributed by atoms with van der Waals surface area (Å²) in [7, 11) is 0. The number of aliphatic hydroxyl groups excluding tert-OH is 1. The van der Waals surface area contributed by atoms with Gasteiger partial charge >= 0.3 is 0 Å². The third-order valence-electron chi connectivity index (χ3n) is 2.58. The van der Waals surface area contributed by atoms with E-state index in [2.05, 4.69) is 24.3 Å². The number of hydrazone groups is 1. The molecule has 0 unspecified atom stereocenters. The van der Waals surface area contributed by atoms with Crippen LogP contribution < -0.4 is 11.2 Å². The van der Waals surface area contributed by atoms with Gasteiger partial charge in [0.1, 0.15) is 11.6 Å². The second-order valence-corrected chi connectivity index (χ2v) is 4.43. The molecule has 0 spiro atoms. The smallest absolute Gasteiger partial charge is 0.122 e. The summed E-state index contributed by atoms with van der Waals surface area (Å²) >= 11 is 0. The van der Waals surface area contributed by atoms with Gasteiger partial charge in [0.05, 0.1) is 6.54 Å². The highest BCUT2D eigenvalue weighted by atomic mass is 16.3. The molecule has 4 nitrogen and oxygen atoms in total. The Morgan fingerprint density at radius 3 is 2.60 bits per heavy atom. The highest BCUT2D eigenvalue weighted by Crippen LogP contribution is 2.27. The molecule has 0 bridgehead atoms. The number of nitrogens with one attached hydrogen (secondary N) is 1. The number of rotatable bonds is 4. The fraction of sp³-hybridized carbons (Fsp3) is 0.727. The molecule has 1 rings (SSSR count). The second-order valence-electron chi connectivity index (χ2n) is 4.43. The second kappa shape index (κ2) is 5.63. The van der Waals surface area contributed by atoms with Crippen molar-refractivity contribution >= 4 is 5.84 Å². The van der Waals surface area contributed by atoms with Crippen LogP contribution in [-0.4, -0.2) is 17.5 Å². The maximum absolute atomic E-state index is 9.67. The van der Waals surface area contributed by atoms with Crippen LogP contribution in [0, 0.1) is 5.92 Å². The molecule has 1 saturated carbocycles. The molecule has 0 heterocycles. The first-order valence-electron chi connectivity index (χ1n) is 5.54. The molecule has 1 fully saturated rings. The van der Waals surface area contributed by atoms with Crippen molar-refractivity contribution in [1.29, 1.82) is 0 Å². The third-order valence-corrected chi connectivity index (χ3v) is 2.58. The Morgan fingerprint density at radius 2 is 2.20 bits per heavy atom. The van der Waals surface area contributed by atoms with Crippen molar-refractivity contribution in [3.05, 3.63) is 11.3 Å². The van der Waals surface area contributed by atoms with Gasteiger partial charge in [-0.1, -0.05) is 13.8 Å². The Hall–Kier alpha value is -1.19. The summed E-state index contributed by atoms with van der Waals surface area (Å²) in [4.78, 5) is 0. The lowest BCUT2D eigenvalue weighted by molar-refractivity contribution is 0.373. The van der Waals surface area contributed by atoms with Crippen LogP contribution in [0.5, 0.6) is 0 Å². The lowest BCUT2D eigenvalue weighted by atomic mass is 9.91. The first-order chi connectivity index (χ1) is 7.13. The van der Waals surface area contributed by atoms with Gasteiger partial charge in [-0.2, -0.15) is 5.10 Å². The van der Waals surface area contributed by atoms with Gasteiger partial charge in [-0.15, -0.1) is 0 Å². The van der Waals surface area contributed by atoms with Crippen molar-refractivity contribution in [3.8, 4) is 0 Å². The SMILES string of the molecule is CC(C)C/C(=N/N)NCC(O)=C1CCC1. The molecule has 15 heavy (non-hydrogen) atoms. The van der Waals surface area contributed by atoms with E-state index in [1.54, 1.807) is 0 Å². The van der Waals surface area contributed by atoms with Crippen molar-refractivity contribution in [2.45, 2.75) is 39.5 Å². The van der Waals surface area contributed by atoms with Gasteiger partial charge in [0.2, 0.25) is 0 Å². The van der Waals surface area contributed by atoms with Gasteiger partial charge in [-0.25, -0.2) is 0 Å². The van der Waals surface area contributed by atoms with Crippen LogP contribution >= 0.6 is 0 Å². The van der Waals surface area contributed by atoms with Crippen LogP contribution in [0.2, 0.25) is 0 Å². The van der Waals surface area contributed by atoms with Crippen LogP contribution in [0.15, 0.2) is 16.4 Å². The Morgan fingerprint density at radius 1 is 1.53 bits per heavy atom. The van der Waals surface area contributed by atoms with Crippen molar-refractivity contribution in [1.82, 2.24) is 5.32 Å². The van der Waals surface area contributed by atoms with E-state index in [1.165, 1.54) is 12.0 Å². The maximum Gasteiger partial charge on any atom is 0.122 e. The number of allylic oxidation sites excluding steroid dienone is 1. The van der Waals surface area contributed by atoms with Gasteiger partial charge < -0.3 is 16.3 Å². The molecule has 0 aliphatic heterocycles. The zero-order chi connectivity index (χ0) is 11.3. The fourth-order valence-corrected chi connectivity index (χ4v) is 1.51. The quantitative estimate of drug-likeness (QED) is 0.219. The van der Waals surface area contributed by atoms with E-state index in [0.717, 1.165) is 25.1 Å². The summed E-state index contributed by atoms with van der Waals surface area (Å²) in [5, 5.41) is 16.4. The number of nitrogens with zero attached hydrogens (tertiary/aromatic N) is 1. The number of hydrogen-bond acceptors (Lipinski definition) is 3. The zero-order valence-corrected chi connectivity index (χ0v) is 9.58. The van der Waals surface area contributed by atoms with Crippen LogP contribution in [-0.2, 0) is 0 Å². The van der Waals surface area contributed by atoms with Crippen LogP contribution in [0.4, 0.5) is 0 Å². The summed E-state index contributed by atoms with van der Waals surface area (Å²) in [5.74, 6) is 6.99. The van der Waals surface area contributed by atoms with E-state index in [1.807, 2.05) is 0 Å². The molecule has 86 valence electrons. The highest BCUT2D eigenvalue weighted by molar-refractivity contribution is 5.82. The number of hydrogen-bond donors (Lipinski definition) is 3. The van der Waals surface area contributed by atoms with Gasteiger partial charge in [-0.05, 0) is 30.8 Å². The average Bonchev–Trinajstić information content (AvgIpc) is 2.08. The molecular formula is C11H21N3O. The summed E-state index contributed by atoms with van der Waals surface area (Å²) in [6.45, 7) is 4.67. The standard InChI is InChI=1S/C11H21N3O/c1-8(2)6-11(14-12)13-7-10(15)9-4-3-5-9/h8,15H,3-7,12H2,1-2H3,(H,13,14). The minimum absolute atomic E-state index is 0.456. The first-order valence-corrected chi connectivity index (χ1v) is 5.54. The molecule has 0 atom stereocenters. The minimum atomic E-state index is 0.456. The summed E-state index contributed by atoms with van der Waals surface area (Å²) in [6, 6.07) is 0. The monoisotopic (exact) mass is 211 g/mol. The van der Waals surface area contributed by atoms with E-state index < -0.39 is 0 Å². The molecule has 0 saturated heterocycles. The summed E-state index contributed by atoms with van der Waals surface area (Å²) < 4.78 is 0. The fourth-order valence-electron chi connectivity index (χ4n) is 1.51. The van der Waals surface area contributed by atoms with Crippen molar-refractivity contribution in [3.63, 3.8) is 0 Å². The van der Waals surface area contributed by atoms with Crippen LogP contribution in [0.3, 0.4) is 0 Å². The molecule has 0 aromatic carbocycles. The van der Waals surface area contributed by atoms with Gasteiger partial charge in [0, 0.05) is 6.42 Å². The van der Waals surface area contributed by atoms with Gasteiger partial charge in [-0.3, -0.25) is 0 Å². The third kappa shape index (κ3) is 3.81. The van der Waals surface area contributed by atoms with E-state index in [9.17, 15) is 5.11 Å². The molecule has 0 amide bonds. The van der Waals surface area contributed by atoms with E-state index >= 15 is 0 Å². The minimum Gasteiger partial charge on any atom is -0.510 e. The zero-order valence-electron chi connectivity index (χ0n) is 9.58. The highest BCUT2D eigenvalue weighted by Gasteiger charge is 2.14. The molecule has 1 aliphatic rings. The number of amidine groups is 1. The molecule has 1 aliphatic carbocycles. The predicted molar refractivity (Wildman–Crippen MR) is 62.6 cm³/mol. The van der Waals surface area contributed by atoms with E-state index in [4.69, 9.17) is 5.84 Å². The largest absolute Gasteiger partial charge is 0.510 e. The van der Waals surface area contributed by atoms with Crippen molar-refractivity contribution < 1.29 is 5.11 Å². The number of aliphatic hydroxyl groups is 1. The molecule has 0 aromatic heterocycles. The predicted octanol–water partition coefficient (Wildman–Crippen LogP) is 1.89. The first kappa shape index (κ1) is 11.9. The van der Waals surface area contributed by atoms with Gasteiger partial charge in [0.25, 0.3) is 0 Å². The van der Waals surface area contributed by atoms with Crippen LogP contribution in [0.1, 0.15) is 39.5 Å². The Kier molecular flexibility index (Phi) is 4.46. The van der Waals surface area contributed by atoms with Crippen molar-refractivity contribution in [2.24, 2.45) is 16.9 Å². The van der Waals surface area contributed by atoms with Gasteiger partial charge in [0.15, 0.2) is 0 Å². The molecule has 0 radical (unpaired) electrons. The Bertz CT molecular complexity index is 263. The summed E-state index contributed by atoms with van der Waals surface area (Å²) in [6.07, 6.45) is 4.09. The lowest BCUT2D eigenvalue weighted by Gasteiger charge is -2.19. The lowest BCUT2D eigenvalue weighted by Crippen LogP contribution is -2.29. The Balaban J connectivity index is 2.34. The number of nitrogens with two attached hydrogens (primary N) is 1. The van der Waals surface area contributed by atoms with E-state index in [0.29, 0.717) is 18.2 Å². The molecule has 4 heteroatoms. The van der Waals surface area contributed by atoms with Crippen molar-refractivity contribution in [2.75, 3.05) is 6.54 Å². The average molecular weight is 211 g/mol. The normalized spacial score (nSPS) is 16.5. The van der Waals surface area contributed by atoms with Crippen LogP contribution in [0.25, 0.3) is 0 Å². The van der Waals surface area contributed by atoms with E-state index in [-0.39, 0.29) is 0 Å². The molecule has 4 N–H and O–H groups in total. The molecular weight excluding hydrogens is 190 g/mol. The maximum atomic E-state index is 9.67. The molecule has 0 aromatic rings.